The Labute approximate surface area is 166 Å². The highest BCUT2D eigenvalue weighted by Crippen LogP contribution is 2.43. The summed E-state index contributed by atoms with van der Waals surface area (Å²) in [7, 11) is 0. The standard InChI is InChI=1S/C20H22F2NO6/c1-6-20(21,22)10-7-8-11(12(9-10)23(28)29)14(24)13-15(25)18(2,3)17(27)19(4,5)16(13)26/h7-9,13H,6H2,1-5H3,(H-,24,28,29)/q-1. The van der Waals surface area contributed by atoms with E-state index in [9.17, 15) is 38.7 Å². The maximum absolute atomic E-state index is 13.9. The minimum Gasteiger partial charge on any atom is -0.612 e. The highest BCUT2D eigenvalue weighted by atomic mass is 19.3. The van der Waals surface area contributed by atoms with Gasteiger partial charge in [-0.1, -0.05) is 13.0 Å². The van der Waals surface area contributed by atoms with Gasteiger partial charge >= 0.3 is 0 Å². The van der Waals surface area contributed by atoms with Crippen LogP contribution in [0.25, 0.3) is 0 Å². The van der Waals surface area contributed by atoms with Crippen molar-refractivity contribution in [3.05, 3.63) is 45.5 Å². The molecule has 158 valence electrons. The van der Waals surface area contributed by atoms with Crippen molar-refractivity contribution in [2.45, 2.75) is 47.0 Å². The van der Waals surface area contributed by atoms with E-state index in [0.29, 0.717) is 6.08 Å². The lowest BCUT2D eigenvalue weighted by Crippen LogP contribution is -2.58. The number of hydrogen-bond donors (Lipinski definition) is 1. The Morgan fingerprint density at radius 3 is 2.00 bits per heavy atom. The first kappa shape index (κ1) is 22.4. The van der Waals surface area contributed by atoms with Gasteiger partial charge in [-0.25, -0.2) is 8.78 Å². The van der Waals surface area contributed by atoms with E-state index < -0.39 is 74.0 Å². The monoisotopic (exact) mass is 410 g/mol. The molecule has 0 aromatic rings. The van der Waals surface area contributed by atoms with E-state index in [2.05, 4.69) is 0 Å². The van der Waals surface area contributed by atoms with Crippen LogP contribution in [-0.4, -0.2) is 39.0 Å². The number of nitrogens with zero attached hydrogens (tertiary/aromatic N) is 1. The Hall–Kier alpha value is -2.84. The van der Waals surface area contributed by atoms with Gasteiger partial charge in [0.05, 0.1) is 16.4 Å². The van der Waals surface area contributed by atoms with Gasteiger partial charge in [-0.3, -0.25) is 14.4 Å². The fourth-order valence-corrected chi connectivity index (χ4v) is 3.58. The summed E-state index contributed by atoms with van der Waals surface area (Å²) in [5.74, 6) is -8.49. The molecule has 29 heavy (non-hydrogen) atoms. The fraction of sp³-hybridized carbons (Fsp3) is 0.500. The highest BCUT2D eigenvalue weighted by molar-refractivity contribution is 6.29. The lowest BCUT2D eigenvalue weighted by atomic mass is 9.58. The summed E-state index contributed by atoms with van der Waals surface area (Å²) in [5, 5.41) is 33.6. The molecule has 0 unspecified atom stereocenters. The molecular weight excluding hydrogens is 388 g/mol. The van der Waals surface area contributed by atoms with Crippen molar-refractivity contribution in [2.24, 2.45) is 16.7 Å². The van der Waals surface area contributed by atoms with Crippen molar-refractivity contribution in [3.63, 3.8) is 0 Å². The quantitative estimate of drug-likeness (QED) is 0.330. The van der Waals surface area contributed by atoms with Crippen LogP contribution in [-0.2, 0) is 14.4 Å². The van der Waals surface area contributed by atoms with E-state index in [0.717, 1.165) is 12.2 Å². The molecule has 1 N–H and O–H groups in total. The molecule has 0 atom stereocenters. The van der Waals surface area contributed by atoms with Crippen LogP contribution in [0.2, 0.25) is 0 Å². The van der Waals surface area contributed by atoms with Crippen molar-refractivity contribution in [3.8, 4) is 0 Å². The van der Waals surface area contributed by atoms with Crippen LogP contribution in [0.4, 0.5) is 8.78 Å². The number of allylic oxidation sites excluding steroid dienone is 6. The van der Waals surface area contributed by atoms with E-state index in [4.69, 9.17) is 0 Å². The smallest absolute Gasteiger partial charge is 0.273 e. The van der Waals surface area contributed by atoms with E-state index in [-0.39, 0.29) is 0 Å². The number of rotatable bonds is 3. The number of ketones is 3. The summed E-state index contributed by atoms with van der Waals surface area (Å²) in [6.07, 6.45) is 1.82. The number of carbonyl (C=O) groups excluding carboxylic acids is 3. The molecule has 2 aliphatic rings. The molecule has 1 saturated carbocycles. The predicted octanol–water partition coefficient (Wildman–Crippen LogP) is 3.18. The van der Waals surface area contributed by atoms with Crippen LogP contribution < -0.4 is 0 Å². The number of aliphatic hydroxyl groups excluding tert-OH is 1. The first-order valence-corrected chi connectivity index (χ1v) is 8.97. The molecule has 1 fully saturated rings. The average Bonchev–Trinajstić information content (AvgIpc) is 2.65. The van der Waals surface area contributed by atoms with Gasteiger partial charge < -0.3 is 15.5 Å². The largest absolute Gasteiger partial charge is 0.612 e. The number of halogens is 2. The minimum absolute atomic E-state index is 0.515. The SMILES string of the molecule is CCC(F)(F)C1=CC(=[N+]([O-])[O-])C(=C(O)C2C(=O)C(C)(C)C(=O)C(C)(C)C2=O)C=C1. The molecule has 0 amide bonds. The maximum atomic E-state index is 13.9. The number of alkyl halides is 2. The van der Waals surface area contributed by atoms with E-state index in [1.54, 1.807) is 0 Å². The van der Waals surface area contributed by atoms with Crippen molar-refractivity contribution >= 4 is 23.1 Å². The Morgan fingerprint density at radius 1 is 1.10 bits per heavy atom. The molecule has 0 aromatic carbocycles. The van der Waals surface area contributed by atoms with Crippen LogP contribution in [0.5, 0.6) is 0 Å². The second-order valence-corrected chi connectivity index (χ2v) is 8.17. The predicted molar refractivity (Wildman–Crippen MR) is 100 cm³/mol. The normalized spacial score (nSPS) is 23.9. The van der Waals surface area contributed by atoms with E-state index >= 15 is 0 Å². The summed E-state index contributed by atoms with van der Waals surface area (Å²) in [6, 6.07) is 0. The van der Waals surface area contributed by atoms with Crippen LogP contribution in [0.1, 0.15) is 41.0 Å². The summed E-state index contributed by atoms with van der Waals surface area (Å²) in [4.78, 5) is 37.2. The lowest BCUT2D eigenvalue weighted by molar-refractivity contribution is -0.377. The Morgan fingerprint density at radius 2 is 1.59 bits per heavy atom. The molecule has 2 aliphatic carbocycles. The number of carbonyl (C=O) groups is 3. The topological polar surface area (TPSA) is 121 Å². The van der Waals surface area contributed by atoms with E-state index in [1.165, 1.54) is 34.6 Å². The number of Topliss-reactive ketones (excluding diaryl/α,β-unsaturated/α-hetero) is 3. The Kier molecular flexibility index (Phi) is 5.34. The summed E-state index contributed by atoms with van der Waals surface area (Å²) < 4.78 is 27.9. The average molecular weight is 410 g/mol. The third-order valence-electron chi connectivity index (χ3n) is 5.50. The highest BCUT2D eigenvalue weighted by Gasteiger charge is 2.59. The molecule has 0 spiro atoms. The molecule has 0 saturated heterocycles. The van der Waals surface area contributed by atoms with Gasteiger partial charge in [0.25, 0.3) is 5.92 Å². The Balaban J connectivity index is 2.68. The van der Waals surface area contributed by atoms with Crippen LogP contribution in [0, 0.1) is 27.2 Å². The van der Waals surface area contributed by atoms with Crippen molar-refractivity contribution in [2.75, 3.05) is 0 Å². The molecule has 2 rings (SSSR count). The van der Waals surface area contributed by atoms with Gasteiger partial charge in [0.1, 0.15) is 11.7 Å². The summed E-state index contributed by atoms with van der Waals surface area (Å²) in [5.41, 5.74) is -5.22. The summed E-state index contributed by atoms with van der Waals surface area (Å²) in [6.45, 7) is 6.46. The van der Waals surface area contributed by atoms with Gasteiger partial charge in [0, 0.05) is 18.1 Å². The first-order chi connectivity index (χ1) is 13.1. The van der Waals surface area contributed by atoms with Crippen LogP contribution in [0.3, 0.4) is 0 Å². The molecule has 0 heterocycles. The van der Waals surface area contributed by atoms with Crippen molar-refractivity contribution in [1.29, 1.82) is 0 Å². The van der Waals surface area contributed by atoms with Crippen LogP contribution in [0.15, 0.2) is 35.1 Å². The van der Waals surface area contributed by atoms with Gasteiger partial charge in [-0.2, -0.15) is 4.90 Å². The molecule has 0 aromatic heterocycles. The molecule has 0 radical (unpaired) electrons. The third kappa shape index (κ3) is 3.38. The second kappa shape index (κ2) is 6.89. The maximum Gasteiger partial charge on any atom is 0.273 e. The van der Waals surface area contributed by atoms with Gasteiger partial charge in [0.15, 0.2) is 17.3 Å². The van der Waals surface area contributed by atoms with Gasteiger partial charge in [0.2, 0.25) is 5.71 Å². The van der Waals surface area contributed by atoms with E-state index in [1.807, 2.05) is 0 Å². The second-order valence-electron chi connectivity index (χ2n) is 8.17. The Bertz CT molecular complexity index is 887. The minimum atomic E-state index is -3.33. The first-order valence-electron chi connectivity index (χ1n) is 8.97. The number of aliphatic hydroxyl groups is 1. The van der Waals surface area contributed by atoms with Gasteiger partial charge in [-0.15, -0.1) is 0 Å². The van der Waals surface area contributed by atoms with Crippen molar-refractivity contribution < 1.29 is 33.2 Å². The zero-order chi connectivity index (χ0) is 22.5. The molecule has 9 heteroatoms. The van der Waals surface area contributed by atoms with Crippen LogP contribution >= 0.6 is 0 Å². The molecule has 7 nitrogen and oxygen atoms in total. The van der Waals surface area contributed by atoms with Crippen molar-refractivity contribution in [1.82, 2.24) is 0 Å². The van der Waals surface area contributed by atoms with Gasteiger partial charge in [-0.05, 0) is 33.8 Å². The lowest BCUT2D eigenvalue weighted by Gasteiger charge is -2.40. The summed E-state index contributed by atoms with van der Waals surface area (Å²) >= 11 is 0. The fourth-order valence-electron chi connectivity index (χ4n) is 3.58. The third-order valence-corrected chi connectivity index (χ3v) is 5.50. The molecule has 0 aliphatic heterocycles. The number of hydrogen-bond acceptors (Lipinski definition) is 6. The molecule has 0 bridgehead atoms. The zero-order valence-corrected chi connectivity index (χ0v) is 16.7. The zero-order valence-electron chi connectivity index (χ0n) is 16.7. The molecular formula is C20H22F2NO6-.